The SMILES string of the molecule is O=[N+]([O-])c1ccc(Br)cc1-n1cc(I)cn1. The molecule has 0 atom stereocenters. The van der Waals surface area contributed by atoms with Crippen LogP contribution in [0.15, 0.2) is 35.1 Å². The maximum Gasteiger partial charge on any atom is 0.294 e. The van der Waals surface area contributed by atoms with Gasteiger partial charge in [0.1, 0.15) is 5.69 Å². The van der Waals surface area contributed by atoms with Crippen molar-refractivity contribution in [1.82, 2.24) is 9.78 Å². The van der Waals surface area contributed by atoms with E-state index in [2.05, 4.69) is 43.6 Å². The van der Waals surface area contributed by atoms with Gasteiger partial charge in [0.2, 0.25) is 0 Å². The summed E-state index contributed by atoms with van der Waals surface area (Å²) >= 11 is 5.38. The summed E-state index contributed by atoms with van der Waals surface area (Å²) in [5.74, 6) is 0. The van der Waals surface area contributed by atoms with Crippen LogP contribution in [0.4, 0.5) is 5.69 Å². The average Bonchev–Trinajstić information content (AvgIpc) is 2.64. The average molecular weight is 394 g/mol. The largest absolute Gasteiger partial charge is 0.294 e. The van der Waals surface area contributed by atoms with Crippen LogP contribution in [0.5, 0.6) is 0 Å². The second-order valence-corrected chi connectivity index (χ2v) is 5.15. The van der Waals surface area contributed by atoms with Crippen LogP contribution in [0.1, 0.15) is 0 Å². The number of hydrogen-bond acceptors (Lipinski definition) is 3. The monoisotopic (exact) mass is 393 g/mol. The molecule has 7 heteroatoms. The molecule has 2 rings (SSSR count). The Hall–Kier alpha value is -0.960. The summed E-state index contributed by atoms with van der Waals surface area (Å²) in [6.45, 7) is 0. The van der Waals surface area contributed by atoms with Crippen LogP contribution in [-0.2, 0) is 0 Å². The first-order chi connectivity index (χ1) is 7.58. The van der Waals surface area contributed by atoms with Crippen molar-refractivity contribution in [2.24, 2.45) is 0 Å². The third kappa shape index (κ3) is 2.24. The van der Waals surface area contributed by atoms with Crippen molar-refractivity contribution >= 4 is 44.2 Å². The molecule has 0 unspecified atom stereocenters. The Labute approximate surface area is 113 Å². The zero-order valence-electron chi connectivity index (χ0n) is 7.80. The van der Waals surface area contributed by atoms with Crippen molar-refractivity contribution in [2.45, 2.75) is 0 Å². The number of nitrogens with zero attached hydrogens (tertiary/aromatic N) is 3. The summed E-state index contributed by atoms with van der Waals surface area (Å²) in [6.07, 6.45) is 3.38. The molecule has 0 amide bonds. The smallest absolute Gasteiger partial charge is 0.258 e. The Balaban J connectivity index is 2.62. The Bertz CT molecular complexity index is 555. The highest BCUT2D eigenvalue weighted by Crippen LogP contribution is 2.26. The van der Waals surface area contributed by atoms with Gasteiger partial charge in [-0.2, -0.15) is 5.10 Å². The van der Waals surface area contributed by atoms with Crippen molar-refractivity contribution in [1.29, 1.82) is 0 Å². The molecular formula is C9H5BrIN3O2. The lowest BCUT2D eigenvalue weighted by molar-refractivity contribution is -0.384. The molecule has 0 N–H and O–H groups in total. The summed E-state index contributed by atoms with van der Waals surface area (Å²) in [5.41, 5.74) is 0.477. The van der Waals surface area contributed by atoms with Crippen LogP contribution in [0, 0.1) is 13.7 Å². The van der Waals surface area contributed by atoms with Crippen LogP contribution < -0.4 is 0 Å². The Morgan fingerprint density at radius 1 is 1.50 bits per heavy atom. The quantitative estimate of drug-likeness (QED) is 0.447. The highest BCUT2D eigenvalue weighted by molar-refractivity contribution is 14.1. The zero-order valence-corrected chi connectivity index (χ0v) is 11.5. The molecule has 0 aliphatic heterocycles. The molecule has 0 radical (unpaired) electrons. The predicted octanol–water partition coefficient (Wildman–Crippen LogP) is 3.15. The molecule has 0 aliphatic rings. The van der Waals surface area contributed by atoms with Crippen molar-refractivity contribution < 1.29 is 4.92 Å². The van der Waals surface area contributed by atoms with E-state index in [1.165, 1.54) is 10.7 Å². The molecule has 0 saturated heterocycles. The van der Waals surface area contributed by atoms with E-state index < -0.39 is 4.92 Å². The first-order valence-corrected chi connectivity index (χ1v) is 6.09. The number of nitro benzene ring substituents is 1. The van der Waals surface area contributed by atoms with Crippen LogP contribution in [0.2, 0.25) is 0 Å². The Kier molecular flexibility index (Phi) is 3.24. The summed E-state index contributed by atoms with van der Waals surface area (Å²) in [7, 11) is 0. The van der Waals surface area contributed by atoms with E-state index in [-0.39, 0.29) is 5.69 Å². The molecule has 1 heterocycles. The van der Waals surface area contributed by atoms with Crippen molar-refractivity contribution in [3.63, 3.8) is 0 Å². The zero-order chi connectivity index (χ0) is 11.7. The van der Waals surface area contributed by atoms with Gasteiger partial charge in [-0.1, -0.05) is 15.9 Å². The third-order valence-electron chi connectivity index (χ3n) is 1.93. The van der Waals surface area contributed by atoms with Gasteiger partial charge in [0.05, 0.1) is 14.7 Å². The molecule has 0 fully saturated rings. The molecule has 82 valence electrons. The molecule has 16 heavy (non-hydrogen) atoms. The highest BCUT2D eigenvalue weighted by Gasteiger charge is 2.16. The van der Waals surface area contributed by atoms with Crippen LogP contribution in [0.3, 0.4) is 0 Å². The standard InChI is InChI=1S/C9H5BrIN3O2/c10-6-1-2-8(14(15)16)9(3-6)13-5-7(11)4-12-13/h1-5H. The molecule has 5 nitrogen and oxygen atoms in total. The molecule has 0 spiro atoms. The van der Waals surface area contributed by atoms with Crippen molar-refractivity contribution in [3.8, 4) is 5.69 Å². The normalized spacial score (nSPS) is 10.4. The van der Waals surface area contributed by atoms with E-state index in [1.54, 1.807) is 24.5 Å². The lowest BCUT2D eigenvalue weighted by Gasteiger charge is -2.02. The van der Waals surface area contributed by atoms with Gasteiger partial charge in [-0.05, 0) is 34.7 Å². The lowest BCUT2D eigenvalue weighted by Crippen LogP contribution is -2.00. The van der Waals surface area contributed by atoms with Gasteiger partial charge >= 0.3 is 0 Å². The number of nitro groups is 1. The summed E-state index contributed by atoms with van der Waals surface area (Å²) < 4.78 is 3.19. The van der Waals surface area contributed by atoms with E-state index in [0.29, 0.717) is 5.69 Å². The van der Waals surface area contributed by atoms with Crippen LogP contribution in [0.25, 0.3) is 5.69 Å². The maximum atomic E-state index is 10.9. The van der Waals surface area contributed by atoms with Gasteiger partial charge in [-0.25, -0.2) is 4.68 Å². The maximum absolute atomic E-state index is 10.9. The molecule has 2 aromatic rings. The fourth-order valence-corrected chi connectivity index (χ4v) is 2.00. The second-order valence-electron chi connectivity index (χ2n) is 2.99. The first kappa shape index (κ1) is 11.5. The Morgan fingerprint density at radius 3 is 2.81 bits per heavy atom. The fraction of sp³-hybridized carbons (Fsp3) is 0. The molecule has 0 aliphatic carbocycles. The number of hydrogen-bond donors (Lipinski definition) is 0. The van der Waals surface area contributed by atoms with E-state index >= 15 is 0 Å². The van der Waals surface area contributed by atoms with Gasteiger partial charge < -0.3 is 0 Å². The summed E-state index contributed by atoms with van der Waals surface area (Å²) in [4.78, 5) is 10.4. The number of aromatic nitrogens is 2. The van der Waals surface area contributed by atoms with E-state index in [4.69, 9.17) is 0 Å². The minimum atomic E-state index is -0.420. The topological polar surface area (TPSA) is 61.0 Å². The number of halogens is 2. The number of benzene rings is 1. The van der Waals surface area contributed by atoms with E-state index in [9.17, 15) is 10.1 Å². The van der Waals surface area contributed by atoms with Gasteiger partial charge in [0, 0.05) is 16.7 Å². The van der Waals surface area contributed by atoms with Gasteiger partial charge in [0.15, 0.2) is 0 Å². The van der Waals surface area contributed by atoms with Gasteiger partial charge in [-0.15, -0.1) is 0 Å². The predicted molar refractivity (Wildman–Crippen MR) is 70.6 cm³/mol. The minimum absolute atomic E-state index is 0.0303. The van der Waals surface area contributed by atoms with Gasteiger partial charge in [-0.3, -0.25) is 10.1 Å². The van der Waals surface area contributed by atoms with Gasteiger partial charge in [0.25, 0.3) is 5.69 Å². The molecule has 1 aromatic heterocycles. The van der Waals surface area contributed by atoms with Crippen molar-refractivity contribution in [2.75, 3.05) is 0 Å². The minimum Gasteiger partial charge on any atom is -0.258 e. The Morgan fingerprint density at radius 2 is 2.25 bits per heavy atom. The summed E-state index contributed by atoms with van der Waals surface area (Å²) in [5, 5.41) is 14.9. The first-order valence-electron chi connectivity index (χ1n) is 4.22. The molecule has 0 bridgehead atoms. The molecular weight excluding hydrogens is 389 g/mol. The second kappa shape index (κ2) is 4.50. The number of rotatable bonds is 2. The van der Waals surface area contributed by atoms with E-state index in [0.717, 1.165) is 8.04 Å². The third-order valence-corrected chi connectivity index (χ3v) is 2.98. The molecule has 0 saturated carbocycles. The van der Waals surface area contributed by atoms with Crippen molar-refractivity contribution in [3.05, 3.63) is 48.8 Å². The van der Waals surface area contributed by atoms with E-state index in [1.807, 2.05) is 0 Å². The summed E-state index contributed by atoms with van der Waals surface area (Å²) in [6, 6.07) is 4.76. The fourth-order valence-electron chi connectivity index (χ4n) is 1.27. The van der Waals surface area contributed by atoms with Crippen LogP contribution in [-0.4, -0.2) is 14.7 Å². The highest BCUT2D eigenvalue weighted by atomic mass is 127. The van der Waals surface area contributed by atoms with Crippen LogP contribution >= 0.6 is 38.5 Å². The lowest BCUT2D eigenvalue weighted by atomic mass is 10.3. The molecule has 1 aromatic carbocycles.